The molecular weight excluding hydrogens is 186 g/mol. The van der Waals surface area contributed by atoms with E-state index < -0.39 is 0 Å². The van der Waals surface area contributed by atoms with Gasteiger partial charge in [0, 0.05) is 19.7 Å². The minimum absolute atomic E-state index is 0.624. The summed E-state index contributed by atoms with van der Waals surface area (Å²) in [7, 11) is 0. The number of hydrogen-bond acceptors (Lipinski definition) is 2. The van der Waals surface area contributed by atoms with E-state index in [1.165, 1.54) is 5.56 Å². The summed E-state index contributed by atoms with van der Waals surface area (Å²) in [6.45, 7) is 7.82. The van der Waals surface area contributed by atoms with E-state index in [0.29, 0.717) is 5.92 Å². The van der Waals surface area contributed by atoms with Crippen molar-refractivity contribution in [2.45, 2.75) is 20.4 Å². The predicted molar refractivity (Wildman–Crippen MR) is 63.8 cm³/mol. The number of rotatable bonds is 7. The molecule has 1 rings (SSSR count). The van der Waals surface area contributed by atoms with Crippen LogP contribution in [-0.2, 0) is 11.3 Å². The molecule has 2 nitrogen and oxygen atoms in total. The maximum atomic E-state index is 5.47. The highest BCUT2D eigenvalue weighted by molar-refractivity contribution is 5.14. The van der Waals surface area contributed by atoms with Crippen molar-refractivity contribution in [3.8, 4) is 0 Å². The number of hydrogen-bond donors (Lipinski definition) is 1. The smallest absolute Gasteiger partial charge is 0.0591 e. The van der Waals surface area contributed by atoms with E-state index in [0.717, 1.165) is 26.3 Å². The monoisotopic (exact) mass is 207 g/mol. The van der Waals surface area contributed by atoms with Crippen LogP contribution in [0.15, 0.2) is 30.3 Å². The zero-order valence-electron chi connectivity index (χ0n) is 9.70. The van der Waals surface area contributed by atoms with Crippen molar-refractivity contribution in [1.29, 1.82) is 0 Å². The zero-order valence-corrected chi connectivity index (χ0v) is 9.70. The second kappa shape index (κ2) is 7.43. The van der Waals surface area contributed by atoms with Gasteiger partial charge in [0.05, 0.1) is 6.61 Å². The van der Waals surface area contributed by atoms with Gasteiger partial charge in [0.15, 0.2) is 0 Å². The average Bonchev–Trinajstić information content (AvgIpc) is 2.24. The minimum Gasteiger partial charge on any atom is -0.380 e. The first kappa shape index (κ1) is 12.2. The molecule has 1 aromatic rings. The standard InChI is InChI=1S/C13H21NO/c1-12(2)11-15-9-8-14-10-13-6-4-3-5-7-13/h3-7,12,14H,8-11H2,1-2H3. The van der Waals surface area contributed by atoms with Gasteiger partial charge in [0.2, 0.25) is 0 Å². The highest BCUT2D eigenvalue weighted by Gasteiger charge is 1.93. The fourth-order valence-corrected chi connectivity index (χ4v) is 1.29. The molecule has 0 bridgehead atoms. The fourth-order valence-electron chi connectivity index (χ4n) is 1.29. The summed E-state index contributed by atoms with van der Waals surface area (Å²) >= 11 is 0. The number of ether oxygens (including phenoxy) is 1. The summed E-state index contributed by atoms with van der Waals surface area (Å²) in [5.74, 6) is 0.624. The van der Waals surface area contributed by atoms with Gasteiger partial charge >= 0.3 is 0 Å². The first-order valence-corrected chi connectivity index (χ1v) is 5.61. The van der Waals surface area contributed by atoms with Crippen molar-refractivity contribution < 1.29 is 4.74 Å². The normalized spacial score (nSPS) is 10.9. The molecule has 0 saturated carbocycles. The highest BCUT2D eigenvalue weighted by Crippen LogP contribution is 1.96. The van der Waals surface area contributed by atoms with Crippen LogP contribution in [0.3, 0.4) is 0 Å². The van der Waals surface area contributed by atoms with Crippen molar-refractivity contribution in [3.05, 3.63) is 35.9 Å². The largest absolute Gasteiger partial charge is 0.380 e. The highest BCUT2D eigenvalue weighted by atomic mass is 16.5. The minimum atomic E-state index is 0.624. The van der Waals surface area contributed by atoms with Crippen LogP contribution in [0.5, 0.6) is 0 Å². The Bertz CT molecular complexity index is 246. The summed E-state index contributed by atoms with van der Waals surface area (Å²) < 4.78 is 5.47. The lowest BCUT2D eigenvalue weighted by Gasteiger charge is -2.07. The lowest BCUT2D eigenvalue weighted by atomic mass is 10.2. The van der Waals surface area contributed by atoms with Gasteiger partial charge in [0.1, 0.15) is 0 Å². The quantitative estimate of drug-likeness (QED) is 0.693. The van der Waals surface area contributed by atoms with Crippen LogP contribution in [0.4, 0.5) is 0 Å². The molecule has 0 fully saturated rings. The Labute approximate surface area is 92.6 Å². The molecule has 0 aliphatic heterocycles. The number of nitrogens with one attached hydrogen (secondary N) is 1. The van der Waals surface area contributed by atoms with Gasteiger partial charge < -0.3 is 10.1 Å². The topological polar surface area (TPSA) is 21.3 Å². The molecule has 84 valence electrons. The van der Waals surface area contributed by atoms with Crippen molar-refractivity contribution in [3.63, 3.8) is 0 Å². The van der Waals surface area contributed by atoms with Gasteiger partial charge in [-0.15, -0.1) is 0 Å². The molecule has 2 heteroatoms. The Kier molecular flexibility index (Phi) is 6.05. The van der Waals surface area contributed by atoms with Crippen LogP contribution >= 0.6 is 0 Å². The van der Waals surface area contributed by atoms with E-state index >= 15 is 0 Å². The van der Waals surface area contributed by atoms with Gasteiger partial charge in [-0.25, -0.2) is 0 Å². The second-order valence-electron chi connectivity index (χ2n) is 4.13. The van der Waals surface area contributed by atoms with Crippen LogP contribution in [-0.4, -0.2) is 19.8 Å². The Hall–Kier alpha value is -0.860. The van der Waals surface area contributed by atoms with Crippen LogP contribution in [0, 0.1) is 5.92 Å². The van der Waals surface area contributed by atoms with Crippen molar-refractivity contribution in [2.24, 2.45) is 5.92 Å². The molecule has 0 spiro atoms. The molecule has 0 radical (unpaired) electrons. The molecule has 1 N–H and O–H groups in total. The van der Waals surface area contributed by atoms with E-state index in [2.05, 4.69) is 43.4 Å². The molecule has 1 aromatic carbocycles. The third kappa shape index (κ3) is 6.26. The van der Waals surface area contributed by atoms with Gasteiger partial charge in [-0.1, -0.05) is 44.2 Å². The summed E-state index contributed by atoms with van der Waals surface area (Å²) in [6, 6.07) is 10.4. The fraction of sp³-hybridized carbons (Fsp3) is 0.538. The van der Waals surface area contributed by atoms with Gasteiger partial charge in [-0.05, 0) is 11.5 Å². The second-order valence-corrected chi connectivity index (χ2v) is 4.13. The van der Waals surface area contributed by atoms with Gasteiger partial charge in [-0.3, -0.25) is 0 Å². The van der Waals surface area contributed by atoms with Gasteiger partial charge in [0.25, 0.3) is 0 Å². The first-order valence-electron chi connectivity index (χ1n) is 5.61. The molecule has 0 atom stereocenters. The summed E-state index contributed by atoms with van der Waals surface area (Å²) in [4.78, 5) is 0. The lowest BCUT2D eigenvalue weighted by molar-refractivity contribution is 0.111. The molecule has 0 aromatic heterocycles. The summed E-state index contributed by atoms with van der Waals surface area (Å²) in [5, 5.41) is 3.35. The van der Waals surface area contributed by atoms with Crippen molar-refractivity contribution in [2.75, 3.05) is 19.8 Å². The van der Waals surface area contributed by atoms with E-state index in [-0.39, 0.29) is 0 Å². The Morgan fingerprint density at radius 2 is 1.93 bits per heavy atom. The maximum absolute atomic E-state index is 5.47. The third-order valence-corrected chi connectivity index (χ3v) is 2.05. The maximum Gasteiger partial charge on any atom is 0.0591 e. The van der Waals surface area contributed by atoms with Crippen LogP contribution < -0.4 is 5.32 Å². The van der Waals surface area contributed by atoms with Crippen molar-refractivity contribution >= 4 is 0 Å². The summed E-state index contributed by atoms with van der Waals surface area (Å²) in [6.07, 6.45) is 0. The first-order chi connectivity index (χ1) is 7.29. The lowest BCUT2D eigenvalue weighted by Crippen LogP contribution is -2.20. The number of benzene rings is 1. The zero-order chi connectivity index (χ0) is 10.9. The third-order valence-electron chi connectivity index (χ3n) is 2.05. The Balaban J connectivity index is 1.98. The molecule has 0 saturated heterocycles. The molecule has 0 amide bonds. The van der Waals surface area contributed by atoms with E-state index in [4.69, 9.17) is 4.74 Å². The molecule has 15 heavy (non-hydrogen) atoms. The van der Waals surface area contributed by atoms with Crippen LogP contribution in [0.25, 0.3) is 0 Å². The molecular formula is C13H21NO. The summed E-state index contributed by atoms with van der Waals surface area (Å²) in [5.41, 5.74) is 1.32. The van der Waals surface area contributed by atoms with Gasteiger partial charge in [-0.2, -0.15) is 0 Å². The van der Waals surface area contributed by atoms with Crippen molar-refractivity contribution in [1.82, 2.24) is 5.32 Å². The molecule has 0 aliphatic carbocycles. The predicted octanol–water partition coefficient (Wildman–Crippen LogP) is 2.45. The van der Waals surface area contributed by atoms with E-state index in [1.807, 2.05) is 6.07 Å². The Morgan fingerprint density at radius 1 is 1.20 bits per heavy atom. The Morgan fingerprint density at radius 3 is 2.60 bits per heavy atom. The van der Waals surface area contributed by atoms with Crippen LogP contribution in [0.1, 0.15) is 19.4 Å². The van der Waals surface area contributed by atoms with Crippen LogP contribution in [0.2, 0.25) is 0 Å². The SMILES string of the molecule is CC(C)COCCNCc1ccccc1. The average molecular weight is 207 g/mol. The van der Waals surface area contributed by atoms with E-state index in [1.54, 1.807) is 0 Å². The molecule has 0 heterocycles. The molecule has 0 aliphatic rings. The van der Waals surface area contributed by atoms with E-state index in [9.17, 15) is 0 Å². The molecule has 0 unspecified atom stereocenters.